The van der Waals surface area contributed by atoms with Gasteiger partial charge in [-0.3, -0.25) is 9.69 Å². The van der Waals surface area contributed by atoms with E-state index < -0.39 is 0 Å². The molecule has 0 heterocycles. The molecule has 0 atom stereocenters. The van der Waals surface area contributed by atoms with Crippen molar-refractivity contribution in [2.24, 2.45) is 0 Å². The molecule has 0 saturated heterocycles. The van der Waals surface area contributed by atoms with Crippen LogP contribution in [0.5, 0.6) is 0 Å². The van der Waals surface area contributed by atoms with Crippen LogP contribution < -0.4 is 0 Å². The maximum Gasteiger partial charge on any atom is 0.143 e. The average molecular weight is 270 g/mol. The number of carbonyl (C=O) groups excluding carboxylic acids is 1. The average Bonchev–Trinajstić information content (AvgIpc) is 2.16. The highest BCUT2D eigenvalue weighted by Crippen LogP contribution is 2.10. The summed E-state index contributed by atoms with van der Waals surface area (Å²) in [6, 6.07) is 8.29. The third-order valence-electron chi connectivity index (χ3n) is 2.19. The normalized spacial score (nSPS) is 10.7. The van der Waals surface area contributed by atoms with Gasteiger partial charge in [-0.1, -0.05) is 28.1 Å². The summed E-state index contributed by atoms with van der Waals surface area (Å²) in [7, 11) is 1.97. The maximum atomic E-state index is 10.9. The molecule has 0 bridgehead atoms. The number of hydrogen-bond acceptors (Lipinski definition) is 2. The van der Waals surface area contributed by atoms with Crippen LogP contribution in [0.4, 0.5) is 0 Å². The lowest BCUT2D eigenvalue weighted by Crippen LogP contribution is -2.26. The Kier molecular flexibility index (Phi) is 4.99. The fourth-order valence-corrected chi connectivity index (χ4v) is 1.69. The molecule has 0 saturated carbocycles. The van der Waals surface area contributed by atoms with E-state index in [1.807, 2.05) is 24.1 Å². The van der Waals surface area contributed by atoms with Crippen LogP contribution in [0.15, 0.2) is 28.7 Å². The Morgan fingerprint density at radius 3 is 2.47 bits per heavy atom. The second-order valence-electron chi connectivity index (χ2n) is 3.82. The van der Waals surface area contributed by atoms with Crippen LogP contribution in [0.2, 0.25) is 0 Å². The van der Waals surface area contributed by atoms with Crippen LogP contribution in [0.1, 0.15) is 12.5 Å². The largest absolute Gasteiger partial charge is 0.299 e. The zero-order valence-corrected chi connectivity index (χ0v) is 10.8. The van der Waals surface area contributed by atoms with Crippen LogP contribution in [0.25, 0.3) is 0 Å². The summed E-state index contributed by atoms with van der Waals surface area (Å²) in [5.74, 6) is 0.216. The molecule has 0 aromatic heterocycles. The number of hydrogen-bond donors (Lipinski definition) is 0. The molecule has 0 amide bonds. The van der Waals surface area contributed by atoms with Crippen molar-refractivity contribution in [2.75, 3.05) is 20.1 Å². The lowest BCUT2D eigenvalue weighted by molar-refractivity contribution is -0.117. The smallest absolute Gasteiger partial charge is 0.143 e. The van der Waals surface area contributed by atoms with Crippen LogP contribution >= 0.6 is 15.9 Å². The number of Topliss-reactive ketones (excluding diaryl/α,β-unsaturated/α-hetero) is 1. The summed E-state index contributed by atoms with van der Waals surface area (Å²) in [4.78, 5) is 12.9. The van der Waals surface area contributed by atoms with E-state index in [2.05, 4.69) is 28.1 Å². The van der Waals surface area contributed by atoms with Crippen LogP contribution in [-0.4, -0.2) is 30.8 Å². The second-order valence-corrected chi connectivity index (χ2v) is 4.73. The quantitative estimate of drug-likeness (QED) is 0.819. The first kappa shape index (κ1) is 12.4. The Bertz CT molecular complexity index is 321. The molecule has 0 unspecified atom stereocenters. The predicted octanol–water partition coefficient (Wildman–Crippen LogP) is 2.51. The monoisotopic (exact) mass is 269 g/mol. The summed E-state index contributed by atoms with van der Waals surface area (Å²) in [5, 5.41) is 0. The number of rotatable bonds is 5. The molecule has 1 aromatic carbocycles. The number of benzene rings is 1. The van der Waals surface area contributed by atoms with Crippen molar-refractivity contribution in [3.63, 3.8) is 0 Å². The third-order valence-corrected chi connectivity index (χ3v) is 2.72. The SMILES string of the molecule is CC(=O)CN(C)CCc1ccc(Br)cc1. The Balaban J connectivity index is 2.36. The summed E-state index contributed by atoms with van der Waals surface area (Å²) in [6.07, 6.45) is 0.983. The minimum Gasteiger partial charge on any atom is -0.299 e. The Labute approximate surface area is 99.4 Å². The molecule has 0 aliphatic carbocycles. The molecule has 0 aliphatic rings. The fraction of sp³-hybridized carbons (Fsp3) is 0.417. The van der Waals surface area contributed by atoms with Gasteiger partial charge in [0.05, 0.1) is 6.54 Å². The van der Waals surface area contributed by atoms with Gasteiger partial charge in [0, 0.05) is 11.0 Å². The van der Waals surface area contributed by atoms with Crippen molar-refractivity contribution in [1.82, 2.24) is 4.90 Å². The lowest BCUT2D eigenvalue weighted by atomic mass is 10.1. The van der Waals surface area contributed by atoms with Gasteiger partial charge in [0.15, 0.2) is 0 Å². The van der Waals surface area contributed by atoms with Crippen molar-refractivity contribution < 1.29 is 4.79 Å². The van der Waals surface area contributed by atoms with E-state index in [0.29, 0.717) is 6.54 Å². The van der Waals surface area contributed by atoms with Crippen LogP contribution in [0.3, 0.4) is 0 Å². The molecule has 15 heavy (non-hydrogen) atoms. The number of likely N-dealkylation sites (N-methyl/N-ethyl adjacent to an activating group) is 1. The first-order valence-electron chi connectivity index (χ1n) is 5.00. The predicted molar refractivity (Wildman–Crippen MR) is 66.0 cm³/mol. The summed E-state index contributed by atoms with van der Waals surface area (Å²) in [5.41, 5.74) is 1.30. The van der Waals surface area contributed by atoms with Crippen molar-refractivity contribution >= 4 is 21.7 Å². The molecular weight excluding hydrogens is 254 g/mol. The first-order chi connectivity index (χ1) is 7.08. The number of carbonyl (C=O) groups is 1. The zero-order valence-electron chi connectivity index (χ0n) is 9.16. The van der Waals surface area contributed by atoms with E-state index in [0.717, 1.165) is 17.4 Å². The summed E-state index contributed by atoms with van der Waals surface area (Å²) < 4.78 is 1.10. The Hall–Kier alpha value is -0.670. The molecule has 0 radical (unpaired) electrons. The highest BCUT2D eigenvalue weighted by atomic mass is 79.9. The molecule has 0 N–H and O–H groups in total. The number of ketones is 1. The molecule has 1 aromatic rings. The van der Waals surface area contributed by atoms with Gasteiger partial charge in [0.2, 0.25) is 0 Å². The van der Waals surface area contributed by atoms with Gasteiger partial charge in [-0.25, -0.2) is 0 Å². The molecule has 0 fully saturated rings. The maximum absolute atomic E-state index is 10.9. The Morgan fingerprint density at radius 2 is 1.93 bits per heavy atom. The van der Waals surface area contributed by atoms with Gasteiger partial charge in [0.1, 0.15) is 5.78 Å². The van der Waals surface area contributed by atoms with Crippen molar-refractivity contribution in [2.45, 2.75) is 13.3 Å². The standard InChI is InChI=1S/C12H16BrNO/c1-10(15)9-14(2)8-7-11-3-5-12(13)6-4-11/h3-6H,7-9H2,1-2H3. The number of halogens is 1. The number of nitrogens with zero attached hydrogens (tertiary/aromatic N) is 1. The van der Waals surface area contributed by atoms with E-state index in [1.165, 1.54) is 5.56 Å². The fourth-order valence-electron chi connectivity index (χ4n) is 1.43. The molecule has 3 heteroatoms. The molecule has 0 spiro atoms. The van der Waals surface area contributed by atoms with Crippen LogP contribution in [0, 0.1) is 0 Å². The highest BCUT2D eigenvalue weighted by Gasteiger charge is 2.01. The minimum atomic E-state index is 0.216. The minimum absolute atomic E-state index is 0.216. The van der Waals surface area contributed by atoms with Crippen molar-refractivity contribution in [3.8, 4) is 0 Å². The molecule has 0 aliphatic heterocycles. The lowest BCUT2D eigenvalue weighted by Gasteiger charge is -2.14. The van der Waals surface area contributed by atoms with Gasteiger partial charge >= 0.3 is 0 Å². The van der Waals surface area contributed by atoms with E-state index >= 15 is 0 Å². The van der Waals surface area contributed by atoms with Gasteiger partial charge < -0.3 is 0 Å². The van der Waals surface area contributed by atoms with Crippen LogP contribution in [-0.2, 0) is 11.2 Å². The van der Waals surface area contributed by atoms with Gasteiger partial charge in [-0.2, -0.15) is 0 Å². The van der Waals surface area contributed by atoms with Crippen molar-refractivity contribution in [1.29, 1.82) is 0 Å². The zero-order chi connectivity index (χ0) is 11.3. The van der Waals surface area contributed by atoms with Gasteiger partial charge in [-0.15, -0.1) is 0 Å². The first-order valence-corrected chi connectivity index (χ1v) is 5.79. The summed E-state index contributed by atoms with van der Waals surface area (Å²) in [6.45, 7) is 3.08. The third kappa shape index (κ3) is 5.09. The van der Waals surface area contributed by atoms with E-state index in [9.17, 15) is 4.79 Å². The summed E-state index contributed by atoms with van der Waals surface area (Å²) >= 11 is 3.40. The molecular formula is C12H16BrNO. The molecule has 1 rings (SSSR count). The molecule has 2 nitrogen and oxygen atoms in total. The van der Waals surface area contributed by atoms with Crippen molar-refractivity contribution in [3.05, 3.63) is 34.3 Å². The Morgan fingerprint density at radius 1 is 1.33 bits per heavy atom. The van der Waals surface area contributed by atoms with Gasteiger partial charge in [-0.05, 0) is 38.1 Å². The second kappa shape index (κ2) is 6.03. The topological polar surface area (TPSA) is 20.3 Å². The molecule has 82 valence electrons. The van der Waals surface area contributed by atoms with E-state index in [4.69, 9.17) is 0 Å². The van der Waals surface area contributed by atoms with Gasteiger partial charge in [0.25, 0.3) is 0 Å². The van der Waals surface area contributed by atoms with E-state index in [1.54, 1.807) is 6.92 Å². The van der Waals surface area contributed by atoms with E-state index in [-0.39, 0.29) is 5.78 Å². The highest BCUT2D eigenvalue weighted by molar-refractivity contribution is 9.10.